The Balaban J connectivity index is 2.94. The van der Waals surface area contributed by atoms with Crippen molar-refractivity contribution in [3.05, 3.63) is 16.7 Å². The Morgan fingerprint density at radius 1 is 1.46 bits per heavy atom. The fourth-order valence-corrected chi connectivity index (χ4v) is 0.948. The largest absolute Gasteiger partial charge is 0.573 e. The third-order valence-electron chi connectivity index (χ3n) is 1.07. The number of anilines is 1. The third-order valence-corrected chi connectivity index (χ3v) is 1.51. The second-order valence-electron chi connectivity index (χ2n) is 2.08. The highest BCUT2D eigenvalue weighted by atomic mass is 79.9. The van der Waals surface area contributed by atoms with Crippen LogP contribution >= 0.6 is 15.9 Å². The summed E-state index contributed by atoms with van der Waals surface area (Å²) in [6.45, 7) is 0. The highest BCUT2D eigenvalue weighted by Gasteiger charge is 2.32. The molecule has 1 heterocycles. The molecule has 0 aliphatic heterocycles. The predicted molar refractivity (Wildman–Crippen MR) is 43.0 cm³/mol. The maximum absolute atomic E-state index is 11.7. The van der Waals surface area contributed by atoms with Crippen molar-refractivity contribution < 1.29 is 17.9 Å². The molecule has 0 saturated heterocycles. The zero-order chi connectivity index (χ0) is 10.1. The van der Waals surface area contributed by atoms with Crippen molar-refractivity contribution in [2.75, 3.05) is 5.73 Å². The number of hydrogen-bond acceptors (Lipinski definition) is 3. The van der Waals surface area contributed by atoms with E-state index < -0.39 is 12.1 Å². The summed E-state index contributed by atoms with van der Waals surface area (Å²) >= 11 is 2.94. The number of hydrogen-bond donors (Lipinski definition) is 1. The van der Waals surface area contributed by atoms with E-state index in [0.717, 1.165) is 6.07 Å². The van der Waals surface area contributed by atoms with Gasteiger partial charge in [0.1, 0.15) is 0 Å². The molecule has 0 fully saturated rings. The minimum Gasteiger partial charge on any atom is -0.402 e. The number of aromatic nitrogens is 1. The van der Waals surface area contributed by atoms with E-state index in [1.54, 1.807) is 0 Å². The van der Waals surface area contributed by atoms with Crippen LogP contribution in [0, 0.1) is 0 Å². The van der Waals surface area contributed by atoms with Crippen molar-refractivity contribution in [1.29, 1.82) is 0 Å². The Morgan fingerprint density at radius 3 is 2.62 bits per heavy atom. The first-order valence-corrected chi connectivity index (χ1v) is 3.84. The van der Waals surface area contributed by atoms with Crippen LogP contribution in [0.3, 0.4) is 0 Å². The van der Waals surface area contributed by atoms with Crippen LogP contribution in [0.25, 0.3) is 0 Å². The van der Waals surface area contributed by atoms with Crippen LogP contribution in [0.4, 0.5) is 19.0 Å². The van der Waals surface area contributed by atoms with Gasteiger partial charge in [-0.1, -0.05) is 0 Å². The Bertz CT molecular complexity index is 315. The van der Waals surface area contributed by atoms with E-state index in [0.29, 0.717) is 4.47 Å². The molecule has 0 atom stereocenters. The molecule has 1 rings (SSSR count). The molecule has 0 spiro atoms. The zero-order valence-corrected chi connectivity index (χ0v) is 7.69. The first kappa shape index (κ1) is 10.1. The van der Waals surface area contributed by atoms with Crippen LogP contribution in [0.5, 0.6) is 5.75 Å². The number of nitrogens with zero attached hydrogens (tertiary/aromatic N) is 1. The average molecular weight is 257 g/mol. The summed E-state index contributed by atoms with van der Waals surface area (Å²) in [5.41, 5.74) is 5.14. The van der Waals surface area contributed by atoms with Gasteiger partial charge in [-0.15, -0.1) is 13.2 Å². The second kappa shape index (κ2) is 3.41. The number of halogens is 4. The first-order valence-electron chi connectivity index (χ1n) is 3.05. The van der Waals surface area contributed by atoms with Crippen LogP contribution in [0.15, 0.2) is 16.7 Å². The van der Waals surface area contributed by atoms with Crippen molar-refractivity contribution in [2.24, 2.45) is 0 Å². The maximum Gasteiger partial charge on any atom is 0.573 e. The molecular weight excluding hydrogens is 253 g/mol. The Kier molecular flexibility index (Phi) is 2.65. The van der Waals surface area contributed by atoms with Crippen LogP contribution in [0.2, 0.25) is 0 Å². The summed E-state index contributed by atoms with van der Waals surface area (Å²) in [5.74, 6) is -0.817. The van der Waals surface area contributed by atoms with Gasteiger partial charge >= 0.3 is 6.36 Å². The lowest BCUT2D eigenvalue weighted by atomic mass is 10.4. The number of pyridine rings is 1. The smallest absolute Gasteiger partial charge is 0.402 e. The summed E-state index contributed by atoms with van der Waals surface area (Å²) in [4.78, 5) is 3.47. The van der Waals surface area contributed by atoms with Gasteiger partial charge in [0, 0.05) is 16.7 Å². The molecule has 0 bridgehead atoms. The van der Waals surface area contributed by atoms with E-state index in [2.05, 4.69) is 25.7 Å². The molecule has 3 nitrogen and oxygen atoms in total. The maximum atomic E-state index is 11.7. The van der Waals surface area contributed by atoms with Gasteiger partial charge < -0.3 is 10.5 Å². The molecule has 0 unspecified atom stereocenters. The number of rotatable bonds is 1. The van der Waals surface area contributed by atoms with E-state index in [-0.39, 0.29) is 5.82 Å². The van der Waals surface area contributed by atoms with Crippen molar-refractivity contribution >= 4 is 21.7 Å². The predicted octanol–water partition coefficient (Wildman–Crippen LogP) is 2.32. The fourth-order valence-electron chi connectivity index (χ4n) is 0.638. The second-order valence-corrected chi connectivity index (χ2v) is 3.00. The normalized spacial score (nSPS) is 11.4. The van der Waals surface area contributed by atoms with Crippen molar-refractivity contribution in [3.63, 3.8) is 0 Å². The summed E-state index contributed by atoms with van der Waals surface area (Å²) in [6, 6.07) is 1.09. The number of nitrogen functional groups attached to an aromatic ring is 1. The topological polar surface area (TPSA) is 48.1 Å². The molecule has 0 aromatic carbocycles. The van der Waals surface area contributed by atoms with Crippen molar-refractivity contribution in [3.8, 4) is 5.75 Å². The lowest BCUT2D eigenvalue weighted by molar-refractivity contribution is -0.274. The minimum atomic E-state index is -4.75. The van der Waals surface area contributed by atoms with Crippen LogP contribution in [-0.4, -0.2) is 11.3 Å². The molecule has 13 heavy (non-hydrogen) atoms. The molecule has 1 aromatic heterocycles. The fraction of sp³-hybridized carbons (Fsp3) is 0.167. The Hall–Kier alpha value is -0.980. The van der Waals surface area contributed by atoms with Crippen LogP contribution in [0.1, 0.15) is 0 Å². The molecule has 2 N–H and O–H groups in total. The summed E-state index contributed by atoms with van der Waals surface area (Å²) in [6.07, 6.45) is -3.48. The molecule has 0 aliphatic carbocycles. The summed E-state index contributed by atoms with van der Waals surface area (Å²) in [5, 5.41) is 0. The molecule has 0 amide bonds. The van der Waals surface area contributed by atoms with E-state index in [4.69, 9.17) is 5.73 Å². The lowest BCUT2D eigenvalue weighted by Gasteiger charge is -2.09. The van der Waals surface area contributed by atoms with Gasteiger partial charge in [0.25, 0.3) is 0 Å². The van der Waals surface area contributed by atoms with Crippen molar-refractivity contribution in [1.82, 2.24) is 4.98 Å². The Labute approximate surface area is 79.8 Å². The zero-order valence-electron chi connectivity index (χ0n) is 6.10. The molecule has 1 aromatic rings. The first-order chi connectivity index (χ1) is 5.88. The van der Waals surface area contributed by atoms with Gasteiger partial charge in [-0.25, -0.2) is 4.98 Å². The molecule has 0 saturated carbocycles. The lowest BCUT2D eigenvalue weighted by Crippen LogP contribution is -2.18. The number of nitrogens with two attached hydrogens (primary N) is 1. The summed E-state index contributed by atoms with van der Waals surface area (Å²) in [7, 11) is 0. The molecule has 72 valence electrons. The standard InChI is InChI=1S/C6H4BrF3N2O/c7-3-1-4(5(11)12-2-3)13-6(8,9)10/h1-2H,(H2,11,12). The van der Waals surface area contributed by atoms with Gasteiger partial charge in [-0.3, -0.25) is 0 Å². The number of ether oxygens (including phenoxy) is 1. The molecule has 0 aliphatic rings. The van der Waals surface area contributed by atoms with Gasteiger partial charge in [0.2, 0.25) is 0 Å². The van der Waals surface area contributed by atoms with Crippen LogP contribution < -0.4 is 10.5 Å². The number of alkyl halides is 3. The van der Waals surface area contributed by atoms with Crippen LogP contribution in [-0.2, 0) is 0 Å². The highest BCUT2D eigenvalue weighted by molar-refractivity contribution is 9.10. The SMILES string of the molecule is Nc1ncc(Br)cc1OC(F)(F)F. The van der Waals surface area contributed by atoms with Gasteiger partial charge in [-0.2, -0.15) is 0 Å². The van der Waals surface area contributed by atoms with E-state index >= 15 is 0 Å². The average Bonchev–Trinajstić information content (AvgIpc) is 1.94. The molecule has 7 heteroatoms. The Morgan fingerprint density at radius 2 is 2.08 bits per heavy atom. The monoisotopic (exact) mass is 256 g/mol. The van der Waals surface area contributed by atoms with E-state index in [9.17, 15) is 13.2 Å². The molecular formula is C6H4BrF3N2O. The van der Waals surface area contributed by atoms with Gasteiger partial charge in [0.05, 0.1) is 0 Å². The van der Waals surface area contributed by atoms with Crippen molar-refractivity contribution in [2.45, 2.75) is 6.36 Å². The minimum absolute atomic E-state index is 0.305. The quantitative estimate of drug-likeness (QED) is 0.839. The molecule has 0 radical (unpaired) electrons. The van der Waals surface area contributed by atoms with Gasteiger partial charge in [-0.05, 0) is 15.9 Å². The van der Waals surface area contributed by atoms with E-state index in [1.807, 2.05) is 0 Å². The highest BCUT2D eigenvalue weighted by Crippen LogP contribution is 2.28. The van der Waals surface area contributed by atoms with E-state index in [1.165, 1.54) is 6.20 Å². The summed E-state index contributed by atoms with van der Waals surface area (Å²) < 4.78 is 39.2. The van der Waals surface area contributed by atoms with Gasteiger partial charge in [0.15, 0.2) is 11.6 Å². The third kappa shape index (κ3) is 3.10.